The SMILES string of the molecule is Cc1ccc(F)cc1OC1CNCCC1(C)O. The summed E-state index contributed by atoms with van der Waals surface area (Å²) in [6, 6.07) is 4.44. The molecule has 1 aliphatic rings. The number of benzene rings is 1. The highest BCUT2D eigenvalue weighted by Gasteiger charge is 2.36. The van der Waals surface area contributed by atoms with Crippen LogP contribution in [0.4, 0.5) is 4.39 Å². The highest BCUT2D eigenvalue weighted by atomic mass is 19.1. The Labute approximate surface area is 101 Å². The minimum Gasteiger partial charge on any atom is -0.486 e. The molecule has 1 heterocycles. The third-order valence-electron chi connectivity index (χ3n) is 3.25. The lowest BCUT2D eigenvalue weighted by atomic mass is 9.91. The van der Waals surface area contributed by atoms with Crippen molar-refractivity contribution in [2.24, 2.45) is 0 Å². The maximum atomic E-state index is 13.1. The highest BCUT2D eigenvalue weighted by molar-refractivity contribution is 5.33. The third-order valence-corrected chi connectivity index (χ3v) is 3.25. The molecule has 1 aliphatic heterocycles. The standard InChI is InChI=1S/C13H18FNO2/c1-9-3-4-10(14)7-11(9)17-12-8-15-6-5-13(12,2)16/h3-4,7,12,15-16H,5-6,8H2,1-2H3. The van der Waals surface area contributed by atoms with E-state index in [1.54, 1.807) is 13.0 Å². The van der Waals surface area contributed by atoms with E-state index in [9.17, 15) is 9.50 Å². The van der Waals surface area contributed by atoms with E-state index in [0.717, 1.165) is 12.1 Å². The second-order valence-electron chi connectivity index (χ2n) is 4.83. The molecule has 1 fully saturated rings. The lowest BCUT2D eigenvalue weighted by Gasteiger charge is -2.37. The van der Waals surface area contributed by atoms with Gasteiger partial charge in [-0.3, -0.25) is 0 Å². The average molecular weight is 239 g/mol. The van der Waals surface area contributed by atoms with Crippen molar-refractivity contribution in [2.75, 3.05) is 13.1 Å². The van der Waals surface area contributed by atoms with Gasteiger partial charge in [-0.15, -0.1) is 0 Å². The first-order chi connectivity index (χ1) is 7.99. The van der Waals surface area contributed by atoms with E-state index < -0.39 is 5.60 Å². The molecule has 2 rings (SSSR count). The molecule has 2 atom stereocenters. The maximum absolute atomic E-state index is 13.1. The van der Waals surface area contributed by atoms with E-state index in [0.29, 0.717) is 18.7 Å². The van der Waals surface area contributed by atoms with Crippen LogP contribution >= 0.6 is 0 Å². The summed E-state index contributed by atoms with van der Waals surface area (Å²) in [4.78, 5) is 0. The van der Waals surface area contributed by atoms with E-state index in [1.807, 2.05) is 6.92 Å². The van der Waals surface area contributed by atoms with E-state index >= 15 is 0 Å². The Balaban J connectivity index is 2.16. The molecule has 0 amide bonds. The fourth-order valence-electron chi connectivity index (χ4n) is 1.98. The fraction of sp³-hybridized carbons (Fsp3) is 0.538. The van der Waals surface area contributed by atoms with Gasteiger partial charge in [0.2, 0.25) is 0 Å². The van der Waals surface area contributed by atoms with Crippen LogP contribution in [0.2, 0.25) is 0 Å². The van der Waals surface area contributed by atoms with Crippen molar-refractivity contribution >= 4 is 0 Å². The van der Waals surface area contributed by atoms with Gasteiger partial charge in [-0.1, -0.05) is 6.07 Å². The van der Waals surface area contributed by atoms with Gasteiger partial charge < -0.3 is 15.2 Å². The minimum absolute atomic E-state index is 0.325. The van der Waals surface area contributed by atoms with Crippen molar-refractivity contribution < 1.29 is 14.2 Å². The van der Waals surface area contributed by atoms with E-state index in [2.05, 4.69) is 5.32 Å². The number of ether oxygens (including phenoxy) is 1. The van der Waals surface area contributed by atoms with Crippen LogP contribution in [0.25, 0.3) is 0 Å². The van der Waals surface area contributed by atoms with Gasteiger partial charge in [0.25, 0.3) is 0 Å². The molecule has 3 nitrogen and oxygen atoms in total. The molecule has 4 heteroatoms. The number of hydrogen-bond acceptors (Lipinski definition) is 3. The Morgan fingerprint density at radius 3 is 3.00 bits per heavy atom. The Bertz CT molecular complexity index is 406. The molecule has 1 aromatic carbocycles. The monoisotopic (exact) mass is 239 g/mol. The first kappa shape index (κ1) is 12.3. The molecule has 0 bridgehead atoms. The van der Waals surface area contributed by atoms with Gasteiger partial charge in [0.05, 0.1) is 0 Å². The van der Waals surface area contributed by atoms with E-state index in [4.69, 9.17) is 4.74 Å². The molecule has 0 aliphatic carbocycles. The first-order valence-electron chi connectivity index (χ1n) is 5.85. The summed E-state index contributed by atoms with van der Waals surface area (Å²) in [6.45, 7) is 4.96. The molecule has 0 aromatic heterocycles. The topological polar surface area (TPSA) is 41.5 Å². The zero-order valence-corrected chi connectivity index (χ0v) is 10.2. The predicted octanol–water partition coefficient (Wildman–Crippen LogP) is 1.63. The van der Waals surface area contributed by atoms with Crippen molar-refractivity contribution in [3.8, 4) is 5.75 Å². The zero-order chi connectivity index (χ0) is 12.5. The van der Waals surface area contributed by atoms with Gasteiger partial charge in [0.1, 0.15) is 23.3 Å². The largest absolute Gasteiger partial charge is 0.486 e. The second kappa shape index (κ2) is 4.63. The second-order valence-corrected chi connectivity index (χ2v) is 4.83. The van der Waals surface area contributed by atoms with Gasteiger partial charge >= 0.3 is 0 Å². The third kappa shape index (κ3) is 2.76. The van der Waals surface area contributed by atoms with Crippen molar-refractivity contribution in [1.29, 1.82) is 0 Å². The van der Waals surface area contributed by atoms with Crippen molar-refractivity contribution in [1.82, 2.24) is 5.32 Å². The summed E-state index contributed by atoms with van der Waals surface area (Å²) >= 11 is 0. The minimum atomic E-state index is -0.871. The summed E-state index contributed by atoms with van der Waals surface area (Å²) < 4.78 is 18.9. The molecular formula is C13H18FNO2. The van der Waals surface area contributed by atoms with Crippen LogP contribution in [0, 0.1) is 12.7 Å². The molecule has 0 radical (unpaired) electrons. The van der Waals surface area contributed by atoms with Gasteiger partial charge in [-0.2, -0.15) is 0 Å². The maximum Gasteiger partial charge on any atom is 0.139 e. The van der Waals surface area contributed by atoms with Crippen LogP contribution in [0.3, 0.4) is 0 Å². The number of piperidine rings is 1. The molecule has 2 N–H and O–H groups in total. The lowest BCUT2D eigenvalue weighted by Crippen LogP contribution is -2.55. The van der Waals surface area contributed by atoms with Crippen molar-refractivity contribution in [2.45, 2.75) is 32.0 Å². The Morgan fingerprint density at radius 2 is 2.29 bits per heavy atom. The van der Waals surface area contributed by atoms with Crippen molar-refractivity contribution in [3.63, 3.8) is 0 Å². The van der Waals surface area contributed by atoms with Crippen molar-refractivity contribution in [3.05, 3.63) is 29.6 Å². The molecule has 17 heavy (non-hydrogen) atoms. The summed E-state index contributed by atoms with van der Waals surface area (Å²) in [5, 5.41) is 13.4. The molecule has 94 valence electrons. The molecular weight excluding hydrogens is 221 g/mol. The summed E-state index contributed by atoms with van der Waals surface area (Å²) in [5.74, 6) is 0.174. The number of aryl methyl sites for hydroxylation is 1. The Hall–Kier alpha value is -1.13. The van der Waals surface area contributed by atoms with Crippen LogP contribution in [-0.2, 0) is 0 Å². The van der Waals surface area contributed by atoms with E-state index in [1.165, 1.54) is 12.1 Å². The number of rotatable bonds is 2. The number of halogens is 1. The molecule has 1 saturated heterocycles. The van der Waals surface area contributed by atoms with Crippen LogP contribution < -0.4 is 10.1 Å². The highest BCUT2D eigenvalue weighted by Crippen LogP contribution is 2.26. The molecule has 0 spiro atoms. The normalized spacial score (nSPS) is 29.1. The number of aliphatic hydroxyl groups is 1. The first-order valence-corrected chi connectivity index (χ1v) is 5.85. The quantitative estimate of drug-likeness (QED) is 0.824. The van der Waals surface area contributed by atoms with E-state index in [-0.39, 0.29) is 11.9 Å². The zero-order valence-electron chi connectivity index (χ0n) is 10.2. The van der Waals surface area contributed by atoms with Gasteiger partial charge in [-0.05, 0) is 38.4 Å². The number of nitrogens with one attached hydrogen (secondary N) is 1. The lowest BCUT2D eigenvalue weighted by molar-refractivity contribution is -0.0660. The molecule has 2 unspecified atom stereocenters. The molecule has 0 saturated carbocycles. The predicted molar refractivity (Wildman–Crippen MR) is 63.7 cm³/mol. The van der Waals surface area contributed by atoms with Crippen LogP contribution in [0.5, 0.6) is 5.75 Å². The summed E-state index contributed by atoms with van der Waals surface area (Å²) in [6.07, 6.45) is 0.281. The number of hydrogen-bond donors (Lipinski definition) is 2. The Kier molecular flexibility index (Phi) is 3.35. The van der Waals surface area contributed by atoms with Crippen LogP contribution in [0.15, 0.2) is 18.2 Å². The van der Waals surface area contributed by atoms with Gasteiger partial charge in [0, 0.05) is 12.6 Å². The Morgan fingerprint density at radius 1 is 1.53 bits per heavy atom. The van der Waals surface area contributed by atoms with Gasteiger partial charge in [-0.25, -0.2) is 4.39 Å². The summed E-state index contributed by atoms with van der Waals surface area (Å²) in [7, 11) is 0. The summed E-state index contributed by atoms with van der Waals surface area (Å²) in [5.41, 5.74) is -0.00272. The van der Waals surface area contributed by atoms with Gasteiger partial charge in [0.15, 0.2) is 0 Å². The van der Waals surface area contributed by atoms with Crippen LogP contribution in [-0.4, -0.2) is 29.9 Å². The van der Waals surface area contributed by atoms with Crippen LogP contribution in [0.1, 0.15) is 18.9 Å². The smallest absolute Gasteiger partial charge is 0.139 e. The molecule has 1 aromatic rings. The average Bonchev–Trinajstić information content (AvgIpc) is 2.26. The fourth-order valence-corrected chi connectivity index (χ4v) is 1.98.